The lowest BCUT2D eigenvalue weighted by molar-refractivity contribution is 0.291. The Morgan fingerprint density at radius 2 is 2.00 bits per heavy atom. The highest BCUT2D eigenvalue weighted by Gasteiger charge is 2.17. The fraction of sp³-hybridized carbons (Fsp3) is 0.889. The summed E-state index contributed by atoms with van der Waals surface area (Å²) in [6, 6.07) is 0.980. The molecule has 76 valence electrons. The summed E-state index contributed by atoms with van der Waals surface area (Å²) in [5.41, 5.74) is 0. The molecule has 0 amide bonds. The van der Waals surface area contributed by atoms with Gasteiger partial charge in [-0.3, -0.25) is 4.99 Å². The van der Waals surface area contributed by atoms with Crippen LogP contribution in [-0.2, 0) is 0 Å². The van der Waals surface area contributed by atoms with Gasteiger partial charge in [0, 0.05) is 25.2 Å². The van der Waals surface area contributed by atoms with Gasteiger partial charge in [0.2, 0.25) is 0 Å². The van der Waals surface area contributed by atoms with Crippen molar-refractivity contribution in [3.8, 4) is 0 Å². The van der Waals surface area contributed by atoms with Crippen LogP contribution in [0.3, 0.4) is 0 Å². The topological polar surface area (TPSA) is 56.7 Å². The minimum Gasteiger partial charge on any atom is -0.396 e. The molecule has 0 bridgehead atoms. The van der Waals surface area contributed by atoms with E-state index in [1.807, 2.05) is 0 Å². The third kappa shape index (κ3) is 3.63. The van der Waals surface area contributed by atoms with Crippen LogP contribution < -0.4 is 10.6 Å². The van der Waals surface area contributed by atoms with E-state index in [-0.39, 0.29) is 6.61 Å². The van der Waals surface area contributed by atoms with Crippen molar-refractivity contribution in [3.63, 3.8) is 0 Å². The molecule has 1 saturated heterocycles. The number of hydrogen-bond donors (Lipinski definition) is 3. The smallest absolute Gasteiger partial charge is 0.191 e. The molecule has 1 rings (SSSR count). The molecule has 0 aromatic carbocycles. The molecule has 1 aliphatic rings. The van der Waals surface area contributed by atoms with Crippen molar-refractivity contribution in [2.24, 2.45) is 4.99 Å². The quantitative estimate of drug-likeness (QED) is 0.546. The zero-order valence-electron chi connectivity index (χ0n) is 8.38. The Morgan fingerprint density at radius 3 is 2.54 bits per heavy atom. The number of aliphatic hydroxyl groups is 1. The fourth-order valence-corrected chi connectivity index (χ4v) is 1.51. The van der Waals surface area contributed by atoms with Crippen LogP contribution in [0.25, 0.3) is 0 Å². The van der Waals surface area contributed by atoms with Crippen LogP contribution in [0.5, 0.6) is 0 Å². The summed E-state index contributed by atoms with van der Waals surface area (Å²) in [5, 5.41) is 15.1. The Kier molecular flexibility index (Phi) is 4.02. The van der Waals surface area contributed by atoms with E-state index in [0.29, 0.717) is 18.6 Å². The number of aliphatic imine (C=N–C) groups is 1. The van der Waals surface area contributed by atoms with E-state index < -0.39 is 0 Å². The normalized spacial score (nSPS) is 27.8. The van der Waals surface area contributed by atoms with Crippen LogP contribution in [0, 0.1) is 0 Å². The molecule has 0 radical (unpaired) electrons. The van der Waals surface area contributed by atoms with Gasteiger partial charge in [-0.1, -0.05) is 0 Å². The number of aliphatic hydroxyl groups excluding tert-OH is 1. The lowest BCUT2D eigenvalue weighted by Gasteiger charge is -2.29. The van der Waals surface area contributed by atoms with Gasteiger partial charge in [0.25, 0.3) is 0 Å². The lowest BCUT2D eigenvalue weighted by Crippen LogP contribution is -2.53. The summed E-state index contributed by atoms with van der Waals surface area (Å²) < 4.78 is 0. The van der Waals surface area contributed by atoms with Crippen molar-refractivity contribution in [2.45, 2.75) is 38.8 Å². The van der Waals surface area contributed by atoms with Crippen molar-refractivity contribution in [2.75, 3.05) is 13.2 Å². The number of guanidine groups is 1. The van der Waals surface area contributed by atoms with Crippen molar-refractivity contribution in [3.05, 3.63) is 0 Å². The number of hydrogen-bond acceptors (Lipinski definition) is 2. The monoisotopic (exact) mass is 185 g/mol. The van der Waals surface area contributed by atoms with Gasteiger partial charge < -0.3 is 15.7 Å². The lowest BCUT2D eigenvalue weighted by atomic mass is 10.1. The second kappa shape index (κ2) is 5.07. The van der Waals surface area contributed by atoms with Gasteiger partial charge in [-0.25, -0.2) is 0 Å². The molecular formula is C9H19N3O. The van der Waals surface area contributed by atoms with Crippen molar-refractivity contribution in [1.29, 1.82) is 0 Å². The molecule has 1 fully saturated rings. The summed E-state index contributed by atoms with van der Waals surface area (Å²) in [7, 11) is 0. The third-order valence-corrected chi connectivity index (χ3v) is 2.06. The van der Waals surface area contributed by atoms with Gasteiger partial charge in [-0.2, -0.15) is 0 Å². The maximum atomic E-state index is 8.59. The Hall–Kier alpha value is -0.770. The molecule has 0 aliphatic carbocycles. The average molecular weight is 185 g/mol. The molecule has 13 heavy (non-hydrogen) atoms. The summed E-state index contributed by atoms with van der Waals surface area (Å²) >= 11 is 0. The number of rotatable bonds is 3. The Morgan fingerprint density at radius 1 is 1.38 bits per heavy atom. The van der Waals surface area contributed by atoms with Crippen LogP contribution >= 0.6 is 0 Å². The Labute approximate surface area is 79.4 Å². The van der Waals surface area contributed by atoms with E-state index in [4.69, 9.17) is 5.11 Å². The fourth-order valence-electron chi connectivity index (χ4n) is 1.51. The Bertz CT molecular complexity index is 170. The molecule has 2 atom stereocenters. The maximum Gasteiger partial charge on any atom is 0.191 e. The molecule has 1 heterocycles. The van der Waals surface area contributed by atoms with E-state index in [2.05, 4.69) is 29.5 Å². The van der Waals surface area contributed by atoms with E-state index in [1.54, 1.807) is 0 Å². The second-order valence-corrected chi connectivity index (χ2v) is 3.63. The van der Waals surface area contributed by atoms with Gasteiger partial charge in [0.1, 0.15) is 0 Å². The van der Waals surface area contributed by atoms with Crippen LogP contribution in [0.15, 0.2) is 4.99 Å². The molecule has 2 unspecified atom stereocenters. The summed E-state index contributed by atoms with van der Waals surface area (Å²) in [4.78, 5) is 4.31. The SMILES string of the molecule is CC1CC(C)NC(=NCCCO)N1. The van der Waals surface area contributed by atoms with Gasteiger partial charge in [0.05, 0.1) is 0 Å². The zero-order chi connectivity index (χ0) is 9.68. The van der Waals surface area contributed by atoms with Crippen LogP contribution in [-0.4, -0.2) is 36.3 Å². The average Bonchev–Trinajstić information content (AvgIpc) is 2.03. The highest BCUT2D eigenvalue weighted by atomic mass is 16.3. The highest BCUT2D eigenvalue weighted by Crippen LogP contribution is 2.02. The first-order chi connectivity index (χ1) is 6.22. The van der Waals surface area contributed by atoms with Gasteiger partial charge in [-0.05, 0) is 26.7 Å². The molecule has 0 saturated carbocycles. The van der Waals surface area contributed by atoms with Crippen molar-refractivity contribution >= 4 is 5.96 Å². The predicted molar refractivity (Wildman–Crippen MR) is 53.8 cm³/mol. The standard InChI is InChI=1S/C9H19N3O/c1-7-6-8(2)12-9(11-7)10-4-3-5-13/h7-8,13H,3-6H2,1-2H3,(H2,10,11,12). The first-order valence-electron chi connectivity index (χ1n) is 4.90. The molecule has 0 aromatic rings. The summed E-state index contributed by atoms with van der Waals surface area (Å²) in [6.45, 7) is 5.20. The maximum absolute atomic E-state index is 8.59. The first kappa shape index (κ1) is 10.3. The van der Waals surface area contributed by atoms with Crippen LogP contribution in [0.2, 0.25) is 0 Å². The molecule has 4 nitrogen and oxygen atoms in total. The number of nitrogens with one attached hydrogen (secondary N) is 2. The minimum absolute atomic E-state index is 0.210. The highest BCUT2D eigenvalue weighted by molar-refractivity contribution is 5.81. The molecular weight excluding hydrogens is 166 g/mol. The van der Waals surface area contributed by atoms with Crippen LogP contribution in [0.4, 0.5) is 0 Å². The molecule has 3 N–H and O–H groups in total. The minimum atomic E-state index is 0.210. The second-order valence-electron chi connectivity index (χ2n) is 3.63. The van der Waals surface area contributed by atoms with Crippen LogP contribution in [0.1, 0.15) is 26.7 Å². The Balaban J connectivity index is 2.35. The number of nitrogens with zero attached hydrogens (tertiary/aromatic N) is 1. The predicted octanol–water partition coefficient (Wildman–Crippen LogP) is 0.0847. The van der Waals surface area contributed by atoms with Gasteiger partial charge >= 0.3 is 0 Å². The largest absolute Gasteiger partial charge is 0.396 e. The van der Waals surface area contributed by atoms with Crippen molar-refractivity contribution in [1.82, 2.24) is 10.6 Å². The van der Waals surface area contributed by atoms with Gasteiger partial charge in [-0.15, -0.1) is 0 Å². The zero-order valence-corrected chi connectivity index (χ0v) is 8.38. The molecule has 0 aromatic heterocycles. The molecule has 4 heteroatoms. The third-order valence-electron chi connectivity index (χ3n) is 2.06. The van der Waals surface area contributed by atoms with E-state index in [9.17, 15) is 0 Å². The van der Waals surface area contributed by atoms with E-state index >= 15 is 0 Å². The first-order valence-corrected chi connectivity index (χ1v) is 4.90. The van der Waals surface area contributed by atoms with Crippen molar-refractivity contribution < 1.29 is 5.11 Å². The summed E-state index contributed by atoms with van der Waals surface area (Å²) in [5.74, 6) is 0.875. The molecule has 1 aliphatic heterocycles. The van der Waals surface area contributed by atoms with E-state index in [1.165, 1.54) is 0 Å². The van der Waals surface area contributed by atoms with Gasteiger partial charge in [0.15, 0.2) is 5.96 Å². The summed E-state index contributed by atoms with van der Waals surface area (Å²) in [6.07, 6.45) is 1.86. The van der Waals surface area contributed by atoms with E-state index in [0.717, 1.165) is 18.8 Å². The molecule has 0 spiro atoms.